The van der Waals surface area contributed by atoms with E-state index in [2.05, 4.69) is 122 Å². The van der Waals surface area contributed by atoms with Gasteiger partial charge in [0.25, 0.3) is 0 Å². The highest BCUT2D eigenvalue weighted by atomic mass is 16.5. The summed E-state index contributed by atoms with van der Waals surface area (Å²) in [4.78, 5) is 9.93. The van der Waals surface area contributed by atoms with Crippen LogP contribution < -0.4 is 18.6 Å². The molecule has 8 aromatic rings. The fourth-order valence-electron chi connectivity index (χ4n) is 6.82. The normalized spacial score (nSPS) is 13.4. The maximum atomic E-state index is 6.13. The van der Waals surface area contributed by atoms with Gasteiger partial charge >= 0.3 is 0 Å². The predicted octanol–water partition coefficient (Wildman–Crippen LogP) is 6.63. The van der Waals surface area contributed by atoms with E-state index in [0.717, 1.165) is 47.4 Å². The molecule has 0 radical (unpaired) electrons. The van der Waals surface area contributed by atoms with Crippen LogP contribution in [0.25, 0.3) is 22.1 Å². The molecule has 3 aliphatic heterocycles. The molecule has 0 N–H and O–H groups in total. The number of rotatable bonds is 0. The first-order valence-corrected chi connectivity index (χ1v) is 17.0. The second-order valence-electron chi connectivity index (χ2n) is 12.8. The van der Waals surface area contributed by atoms with Crippen molar-refractivity contribution in [3.05, 3.63) is 180 Å². The van der Waals surface area contributed by atoms with Crippen molar-refractivity contribution in [1.29, 1.82) is 0 Å². The lowest BCUT2D eigenvalue weighted by atomic mass is 10.2. The first kappa shape index (κ1) is 29.8. The first-order chi connectivity index (χ1) is 24.7. The molecule has 0 atom stereocenters. The molecule has 0 aliphatic carbocycles. The van der Waals surface area contributed by atoms with Gasteiger partial charge in [0.2, 0.25) is 12.7 Å². The summed E-state index contributed by atoms with van der Waals surface area (Å²) in [6.45, 7) is 3.61. The van der Waals surface area contributed by atoms with Crippen LogP contribution in [0.2, 0.25) is 0 Å². The van der Waals surface area contributed by atoms with E-state index >= 15 is 0 Å². The minimum Gasteiger partial charge on any atom is -0.487 e. The number of hydrogen-bond donors (Lipinski definition) is 0. The topological polar surface area (TPSA) is 61.9 Å². The number of para-hydroxylation sites is 4. The lowest BCUT2D eigenvalue weighted by molar-refractivity contribution is -0.663. The number of ether oxygens (including phenoxy) is 2. The maximum absolute atomic E-state index is 6.13. The molecule has 4 aromatic heterocycles. The van der Waals surface area contributed by atoms with Gasteiger partial charge in [-0.3, -0.25) is 4.98 Å². The SMILES string of the molecule is c1cc2nc(c1)COc1ccc(cc1)C[n+]1cn(c3ccccc31)Cc1cccc(n1)Cn1c[n+](c3ccccc31)Cc1ccc(cc1)OC2. The van der Waals surface area contributed by atoms with Gasteiger partial charge < -0.3 is 9.47 Å². The Bertz CT molecular complexity index is 2280. The van der Waals surface area contributed by atoms with E-state index in [4.69, 9.17) is 19.4 Å². The quantitative estimate of drug-likeness (QED) is 0.172. The molecule has 0 fully saturated rings. The van der Waals surface area contributed by atoms with Crippen molar-refractivity contribution in [2.75, 3.05) is 0 Å². The molecule has 3 aliphatic rings. The Morgan fingerprint density at radius 2 is 0.860 bits per heavy atom. The summed E-state index contributed by atoms with van der Waals surface area (Å²) in [6.07, 6.45) is 4.41. The molecule has 12 bridgehead atoms. The molecule has 0 unspecified atom stereocenters. The van der Waals surface area contributed by atoms with Crippen LogP contribution in [0, 0.1) is 0 Å². The van der Waals surface area contributed by atoms with Gasteiger partial charge in [0, 0.05) is 0 Å². The van der Waals surface area contributed by atoms with Gasteiger partial charge in [-0.05, 0) is 83.9 Å². The number of imidazole rings is 2. The van der Waals surface area contributed by atoms with Crippen molar-refractivity contribution >= 4 is 22.1 Å². The number of benzene rings is 4. The number of nitrogens with zero attached hydrogens (tertiary/aromatic N) is 6. The molecule has 7 heterocycles. The number of aromatic nitrogens is 6. The lowest BCUT2D eigenvalue weighted by Crippen LogP contribution is -2.32. The largest absolute Gasteiger partial charge is 0.487 e. The van der Waals surface area contributed by atoms with Crippen LogP contribution in [-0.2, 0) is 39.4 Å². The Hall–Kier alpha value is -6.28. The minimum absolute atomic E-state index is 0.382. The smallest absolute Gasteiger partial charge is 0.245 e. The summed E-state index contributed by atoms with van der Waals surface area (Å²) in [6, 6.07) is 46.1. The zero-order chi connectivity index (χ0) is 33.3. The number of fused-ring (bicyclic) bond motifs is 4. The summed E-state index contributed by atoms with van der Waals surface area (Å²) in [7, 11) is 0. The predicted molar refractivity (Wildman–Crippen MR) is 191 cm³/mol. The van der Waals surface area contributed by atoms with E-state index in [1.54, 1.807) is 0 Å². The van der Waals surface area contributed by atoms with Gasteiger partial charge in [0.15, 0.2) is 22.1 Å². The summed E-state index contributed by atoms with van der Waals surface area (Å²) < 4.78 is 21.5. The zero-order valence-electron chi connectivity index (χ0n) is 27.6. The van der Waals surface area contributed by atoms with E-state index in [-0.39, 0.29) is 0 Å². The van der Waals surface area contributed by atoms with E-state index < -0.39 is 0 Å². The summed E-state index contributed by atoms with van der Waals surface area (Å²) in [5.41, 5.74) is 10.9. The molecule has 8 heteroatoms. The van der Waals surface area contributed by atoms with E-state index in [1.807, 2.05) is 42.5 Å². The summed E-state index contributed by atoms with van der Waals surface area (Å²) in [5, 5.41) is 0. The van der Waals surface area contributed by atoms with Crippen LogP contribution in [-0.4, -0.2) is 19.1 Å². The number of pyridine rings is 2. The van der Waals surface area contributed by atoms with Gasteiger partial charge in [0.05, 0.1) is 22.8 Å². The molecular formula is C42H36N6O2+2. The fraction of sp³-hybridized carbons (Fsp3) is 0.143. The molecule has 11 rings (SSSR count). The van der Waals surface area contributed by atoms with Gasteiger partial charge in [-0.2, -0.15) is 0 Å². The average Bonchev–Trinajstić information content (AvgIpc) is 3.68. The molecule has 0 amide bonds. The van der Waals surface area contributed by atoms with Crippen LogP contribution in [0.5, 0.6) is 11.5 Å². The summed E-state index contributed by atoms with van der Waals surface area (Å²) >= 11 is 0. The Morgan fingerprint density at radius 1 is 0.440 bits per heavy atom. The van der Waals surface area contributed by atoms with Crippen LogP contribution >= 0.6 is 0 Å². The van der Waals surface area contributed by atoms with Crippen LogP contribution in [0.1, 0.15) is 33.9 Å². The minimum atomic E-state index is 0.382. The molecule has 8 nitrogen and oxygen atoms in total. The highest BCUT2D eigenvalue weighted by Crippen LogP contribution is 2.20. The van der Waals surface area contributed by atoms with Crippen molar-refractivity contribution < 1.29 is 18.6 Å². The second kappa shape index (κ2) is 13.0. The van der Waals surface area contributed by atoms with Crippen molar-refractivity contribution in [1.82, 2.24) is 19.1 Å². The Balaban J connectivity index is 1.07. The van der Waals surface area contributed by atoms with Gasteiger partial charge in [-0.1, -0.05) is 60.7 Å². The maximum Gasteiger partial charge on any atom is 0.245 e. The first-order valence-electron chi connectivity index (χ1n) is 17.0. The highest BCUT2D eigenvalue weighted by Gasteiger charge is 2.19. The van der Waals surface area contributed by atoms with E-state index in [0.29, 0.717) is 26.3 Å². The van der Waals surface area contributed by atoms with Gasteiger partial charge in [-0.15, -0.1) is 0 Å². The van der Waals surface area contributed by atoms with E-state index in [9.17, 15) is 0 Å². The monoisotopic (exact) mass is 656 g/mol. The van der Waals surface area contributed by atoms with Gasteiger partial charge in [0.1, 0.15) is 50.9 Å². The zero-order valence-corrected chi connectivity index (χ0v) is 27.6. The van der Waals surface area contributed by atoms with Crippen molar-refractivity contribution in [2.45, 2.75) is 39.4 Å². The van der Waals surface area contributed by atoms with E-state index in [1.165, 1.54) is 33.2 Å². The van der Waals surface area contributed by atoms with Crippen LogP contribution in [0.15, 0.2) is 146 Å². The third-order valence-corrected chi connectivity index (χ3v) is 9.28. The standard InChI is InChI=1S/C42H36N6O2/c1-3-13-41-39(11-1)45-23-31-15-19-37(20-16-31)49-27-35-9-6-10-36(44-35)28-50-38-21-17-32(18-22-38)24-46-30-48(42-14-4-2-12-40(42)46)26-34-8-5-7-33(43-34)25-47(41)29-45/h1-22,29-30H,23-28H2/q+2. The fourth-order valence-corrected chi connectivity index (χ4v) is 6.82. The van der Waals surface area contributed by atoms with Crippen LogP contribution in [0.3, 0.4) is 0 Å². The van der Waals surface area contributed by atoms with Gasteiger partial charge in [-0.25, -0.2) is 23.3 Å². The van der Waals surface area contributed by atoms with Crippen molar-refractivity contribution in [3.63, 3.8) is 0 Å². The van der Waals surface area contributed by atoms with Crippen molar-refractivity contribution in [3.8, 4) is 11.5 Å². The second-order valence-corrected chi connectivity index (χ2v) is 12.8. The number of hydrogen-bond acceptors (Lipinski definition) is 4. The molecular weight excluding hydrogens is 621 g/mol. The molecule has 0 saturated carbocycles. The third kappa shape index (κ3) is 6.19. The Labute approximate surface area is 290 Å². The highest BCUT2D eigenvalue weighted by molar-refractivity contribution is 5.72. The average molecular weight is 657 g/mol. The Morgan fingerprint density at radius 3 is 1.34 bits per heavy atom. The molecule has 0 spiro atoms. The molecule has 244 valence electrons. The van der Waals surface area contributed by atoms with Crippen molar-refractivity contribution in [2.24, 2.45) is 0 Å². The third-order valence-electron chi connectivity index (χ3n) is 9.28. The summed E-state index contributed by atoms with van der Waals surface area (Å²) in [5.74, 6) is 1.62. The molecule has 50 heavy (non-hydrogen) atoms. The Kier molecular flexibility index (Phi) is 7.74. The molecule has 4 aromatic carbocycles. The molecule has 0 saturated heterocycles. The lowest BCUT2D eigenvalue weighted by Gasteiger charge is -2.09. The van der Waals surface area contributed by atoms with Crippen LogP contribution in [0.4, 0.5) is 0 Å².